The Morgan fingerprint density at radius 3 is 2.70 bits per heavy atom. The average molecular weight is 323 g/mol. The summed E-state index contributed by atoms with van der Waals surface area (Å²) in [5.41, 5.74) is 0.790. The second-order valence-corrected chi connectivity index (χ2v) is 5.98. The highest BCUT2D eigenvalue weighted by atomic mass is 19.1. The zero-order valence-electron chi connectivity index (χ0n) is 14.1. The minimum atomic E-state index is -0.251. The molecule has 2 atom stereocenters. The molecule has 2 unspecified atom stereocenters. The topological polar surface area (TPSA) is 54.9 Å². The lowest BCUT2D eigenvalue weighted by atomic mass is 10.0. The molecule has 0 radical (unpaired) electrons. The molecule has 0 bridgehead atoms. The molecule has 0 amide bonds. The van der Waals surface area contributed by atoms with Gasteiger partial charge in [-0.25, -0.2) is 4.39 Å². The van der Waals surface area contributed by atoms with Crippen LogP contribution in [0.1, 0.15) is 31.4 Å². The number of benzene rings is 1. The van der Waals surface area contributed by atoms with Gasteiger partial charge in [0.05, 0.1) is 11.7 Å². The maximum absolute atomic E-state index is 13.0. The van der Waals surface area contributed by atoms with Crippen molar-refractivity contribution in [2.45, 2.75) is 31.5 Å². The lowest BCUT2D eigenvalue weighted by Gasteiger charge is -2.25. The summed E-state index contributed by atoms with van der Waals surface area (Å²) < 4.78 is 24.2. The van der Waals surface area contributed by atoms with Gasteiger partial charge in [0, 0.05) is 33.9 Å². The molecule has 0 aromatic heterocycles. The standard InChI is InChI=1S/C17H26FN3O2/c1-17(9-4-10-23-17)12-21-16(19-2)20-11-15(22-3)13-5-7-14(18)8-6-13/h5-8,15H,4,9-12H2,1-3H3,(H2,19,20,21). The molecule has 2 rings (SSSR count). The molecule has 1 fully saturated rings. The molecule has 0 aliphatic carbocycles. The van der Waals surface area contributed by atoms with Crippen LogP contribution in [-0.4, -0.2) is 45.4 Å². The number of ether oxygens (including phenoxy) is 2. The minimum Gasteiger partial charge on any atom is -0.375 e. The number of hydrogen-bond acceptors (Lipinski definition) is 3. The van der Waals surface area contributed by atoms with E-state index in [2.05, 4.69) is 22.5 Å². The van der Waals surface area contributed by atoms with Crippen LogP contribution in [0.5, 0.6) is 0 Å². The Bertz CT molecular complexity index is 513. The van der Waals surface area contributed by atoms with E-state index in [-0.39, 0.29) is 17.5 Å². The molecule has 1 aromatic rings. The fraction of sp³-hybridized carbons (Fsp3) is 0.588. The molecular formula is C17H26FN3O2. The second-order valence-electron chi connectivity index (χ2n) is 5.98. The van der Waals surface area contributed by atoms with Crippen molar-refractivity contribution in [1.82, 2.24) is 10.6 Å². The van der Waals surface area contributed by atoms with Crippen LogP contribution >= 0.6 is 0 Å². The quantitative estimate of drug-likeness (QED) is 0.623. The smallest absolute Gasteiger partial charge is 0.191 e. The van der Waals surface area contributed by atoms with Crippen molar-refractivity contribution in [3.05, 3.63) is 35.6 Å². The molecule has 6 heteroatoms. The van der Waals surface area contributed by atoms with Gasteiger partial charge in [-0.1, -0.05) is 12.1 Å². The minimum absolute atomic E-state index is 0.130. The molecule has 1 aliphatic rings. The number of nitrogens with one attached hydrogen (secondary N) is 2. The van der Waals surface area contributed by atoms with E-state index in [1.807, 2.05) is 0 Å². The Morgan fingerprint density at radius 1 is 1.39 bits per heavy atom. The van der Waals surface area contributed by atoms with Gasteiger partial charge in [-0.15, -0.1) is 0 Å². The van der Waals surface area contributed by atoms with Gasteiger partial charge in [0.15, 0.2) is 5.96 Å². The molecule has 2 N–H and O–H groups in total. The summed E-state index contributed by atoms with van der Waals surface area (Å²) in [4.78, 5) is 4.22. The number of halogens is 1. The normalized spacial score (nSPS) is 22.9. The van der Waals surface area contributed by atoms with Crippen LogP contribution in [0.3, 0.4) is 0 Å². The lowest BCUT2D eigenvalue weighted by Crippen LogP contribution is -2.46. The van der Waals surface area contributed by atoms with Crippen LogP contribution < -0.4 is 10.6 Å². The Labute approximate surface area is 137 Å². The van der Waals surface area contributed by atoms with Gasteiger partial charge in [0.1, 0.15) is 5.82 Å². The highest BCUT2D eigenvalue weighted by molar-refractivity contribution is 5.79. The van der Waals surface area contributed by atoms with Crippen molar-refractivity contribution in [2.24, 2.45) is 4.99 Å². The molecule has 1 aromatic carbocycles. The summed E-state index contributed by atoms with van der Waals surface area (Å²) in [5, 5.41) is 6.53. The van der Waals surface area contributed by atoms with Gasteiger partial charge in [0.25, 0.3) is 0 Å². The molecule has 1 saturated heterocycles. The first-order valence-electron chi connectivity index (χ1n) is 7.93. The van der Waals surface area contributed by atoms with Gasteiger partial charge in [-0.05, 0) is 37.5 Å². The van der Waals surface area contributed by atoms with E-state index in [0.717, 1.165) is 25.0 Å². The number of nitrogens with zero attached hydrogens (tertiary/aromatic N) is 1. The predicted octanol–water partition coefficient (Wildman–Crippen LogP) is 2.25. The third kappa shape index (κ3) is 5.18. The lowest BCUT2D eigenvalue weighted by molar-refractivity contribution is 0.0242. The van der Waals surface area contributed by atoms with Crippen LogP contribution in [0, 0.1) is 5.82 Å². The van der Waals surface area contributed by atoms with E-state index in [1.165, 1.54) is 12.1 Å². The molecule has 23 heavy (non-hydrogen) atoms. The molecule has 0 spiro atoms. The summed E-state index contributed by atoms with van der Waals surface area (Å²) in [7, 11) is 3.37. The van der Waals surface area contributed by atoms with E-state index >= 15 is 0 Å². The number of rotatable bonds is 6. The molecule has 0 saturated carbocycles. The number of guanidine groups is 1. The van der Waals surface area contributed by atoms with E-state index in [0.29, 0.717) is 19.0 Å². The third-order valence-corrected chi connectivity index (χ3v) is 4.14. The van der Waals surface area contributed by atoms with E-state index in [1.54, 1.807) is 26.3 Å². The summed E-state index contributed by atoms with van der Waals surface area (Å²) in [6.45, 7) is 4.18. The Hall–Kier alpha value is -1.66. The Kier molecular flexibility index (Phi) is 6.36. The van der Waals surface area contributed by atoms with Crippen molar-refractivity contribution in [1.29, 1.82) is 0 Å². The van der Waals surface area contributed by atoms with Crippen LogP contribution in [0.25, 0.3) is 0 Å². The Morgan fingerprint density at radius 2 is 2.13 bits per heavy atom. The third-order valence-electron chi connectivity index (χ3n) is 4.14. The largest absolute Gasteiger partial charge is 0.375 e. The second kappa shape index (κ2) is 8.26. The van der Waals surface area contributed by atoms with Crippen LogP contribution in [0.2, 0.25) is 0 Å². The van der Waals surface area contributed by atoms with Crippen LogP contribution in [0.15, 0.2) is 29.3 Å². The fourth-order valence-corrected chi connectivity index (χ4v) is 2.67. The Balaban J connectivity index is 1.84. The maximum Gasteiger partial charge on any atom is 0.191 e. The summed E-state index contributed by atoms with van der Waals surface area (Å²) >= 11 is 0. The van der Waals surface area contributed by atoms with E-state index in [4.69, 9.17) is 9.47 Å². The van der Waals surface area contributed by atoms with Gasteiger partial charge in [0.2, 0.25) is 0 Å². The van der Waals surface area contributed by atoms with Crippen molar-refractivity contribution in [2.75, 3.05) is 33.9 Å². The predicted molar refractivity (Wildman–Crippen MR) is 89.1 cm³/mol. The molecule has 1 heterocycles. The van der Waals surface area contributed by atoms with Gasteiger partial charge < -0.3 is 20.1 Å². The van der Waals surface area contributed by atoms with Crippen molar-refractivity contribution >= 4 is 5.96 Å². The molecule has 128 valence electrons. The van der Waals surface area contributed by atoms with Crippen molar-refractivity contribution in [3.63, 3.8) is 0 Å². The summed E-state index contributed by atoms with van der Waals surface area (Å²) in [6.07, 6.45) is 1.97. The number of methoxy groups -OCH3 is 1. The number of hydrogen-bond donors (Lipinski definition) is 2. The van der Waals surface area contributed by atoms with Crippen LogP contribution in [-0.2, 0) is 9.47 Å². The average Bonchev–Trinajstić information content (AvgIpc) is 2.99. The zero-order valence-corrected chi connectivity index (χ0v) is 14.1. The molecular weight excluding hydrogens is 297 g/mol. The first-order chi connectivity index (χ1) is 11.1. The van der Waals surface area contributed by atoms with Gasteiger partial charge in [-0.2, -0.15) is 0 Å². The fourth-order valence-electron chi connectivity index (χ4n) is 2.67. The molecule has 5 nitrogen and oxygen atoms in total. The monoisotopic (exact) mass is 323 g/mol. The van der Waals surface area contributed by atoms with E-state index in [9.17, 15) is 4.39 Å². The highest BCUT2D eigenvalue weighted by Crippen LogP contribution is 2.23. The SMILES string of the molecule is CN=C(NCC(OC)c1ccc(F)cc1)NCC1(C)CCCO1. The van der Waals surface area contributed by atoms with Crippen LogP contribution in [0.4, 0.5) is 4.39 Å². The van der Waals surface area contributed by atoms with E-state index < -0.39 is 0 Å². The first kappa shape index (κ1) is 17.7. The summed E-state index contributed by atoms with van der Waals surface area (Å²) in [6, 6.07) is 6.34. The molecule has 1 aliphatic heterocycles. The maximum atomic E-state index is 13.0. The zero-order chi connectivity index (χ0) is 16.7. The number of aliphatic imine (C=N–C) groups is 1. The van der Waals surface area contributed by atoms with Crippen molar-refractivity contribution in [3.8, 4) is 0 Å². The highest BCUT2D eigenvalue weighted by Gasteiger charge is 2.29. The first-order valence-corrected chi connectivity index (χ1v) is 7.93. The van der Waals surface area contributed by atoms with Gasteiger partial charge >= 0.3 is 0 Å². The van der Waals surface area contributed by atoms with Crippen molar-refractivity contribution < 1.29 is 13.9 Å². The van der Waals surface area contributed by atoms with Gasteiger partial charge in [-0.3, -0.25) is 4.99 Å². The summed E-state index contributed by atoms with van der Waals surface area (Å²) in [5.74, 6) is 0.449.